The van der Waals surface area contributed by atoms with E-state index in [1.807, 2.05) is 6.07 Å². The van der Waals surface area contributed by atoms with E-state index in [0.29, 0.717) is 11.1 Å². The van der Waals surface area contributed by atoms with Gasteiger partial charge >= 0.3 is 0 Å². The number of benzene rings is 1. The van der Waals surface area contributed by atoms with Gasteiger partial charge in [0, 0.05) is 18.2 Å². The number of rotatable bonds is 3. The third-order valence-electron chi connectivity index (χ3n) is 3.58. The van der Waals surface area contributed by atoms with Crippen LogP contribution in [0.4, 0.5) is 5.69 Å². The zero-order valence-corrected chi connectivity index (χ0v) is 11.5. The second-order valence-corrected chi connectivity index (χ2v) is 5.05. The van der Waals surface area contributed by atoms with E-state index < -0.39 is 5.91 Å². The average molecular weight is 284 g/mol. The van der Waals surface area contributed by atoms with Crippen LogP contribution in [0.1, 0.15) is 28.0 Å². The summed E-state index contributed by atoms with van der Waals surface area (Å²) in [6.45, 7) is 1.11. The van der Waals surface area contributed by atoms with Gasteiger partial charge in [0.2, 0.25) is 5.91 Å². The van der Waals surface area contributed by atoms with Crippen molar-refractivity contribution in [3.05, 3.63) is 57.5 Å². The van der Waals surface area contributed by atoms with Gasteiger partial charge in [0.15, 0.2) is 0 Å². The van der Waals surface area contributed by atoms with Crippen LogP contribution in [0.2, 0.25) is 0 Å². The number of carbonyl (C=O) groups is 1. The quantitative estimate of drug-likeness (QED) is 0.870. The molecular weight excluding hydrogens is 268 g/mol. The first-order valence-electron chi connectivity index (χ1n) is 6.88. The second-order valence-electron chi connectivity index (χ2n) is 5.05. The molecule has 1 aliphatic heterocycles. The van der Waals surface area contributed by atoms with Crippen LogP contribution in [0.3, 0.4) is 0 Å². The lowest BCUT2D eigenvalue weighted by molar-refractivity contribution is 0.0999. The molecule has 6 heteroatoms. The molecule has 0 unspecified atom stereocenters. The van der Waals surface area contributed by atoms with Crippen LogP contribution >= 0.6 is 0 Å². The fourth-order valence-electron chi connectivity index (χ4n) is 2.52. The molecule has 1 amide bonds. The maximum atomic E-state index is 12.1. The van der Waals surface area contributed by atoms with Crippen LogP contribution in [-0.2, 0) is 13.0 Å². The predicted molar refractivity (Wildman–Crippen MR) is 79.4 cm³/mol. The number of hydrogen-bond acceptors (Lipinski definition) is 4. The summed E-state index contributed by atoms with van der Waals surface area (Å²) in [5.41, 5.74) is 7.98. The zero-order chi connectivity index (χ0) is 14.8. The maximum absolute atomic E-state index is 12.1. The van der Waals surface area contributed by atoms with Crippen molar-refractivity contribution in [1.82, 2.24) is 9.78 Å². The Labute approximate surface area is 121 Å². The fraction of sp³-hybridized carbons (Fsp3) is 0.267. The van der Waals surface area contributed by atoms with Crippen LogP contribution in [0.25, 0.3) is 0 Å². The van der Waals surface area contributed by atoms with Crippen molar-refractivity contribution in [1.29, 1.82) is 0 Å². The lowest BCUT2D eigenvalue weighted by atomic mass is 10.1. The SMILES string of the molecule is NC(=O)c1ccccc1Cn1nc2c(cc1=O)NCCC2. The Morgan fingerprint density at radius 2 is 2.19 bits per heavy atom. The molecule has 3 N–H and O–H groups in total. The molecule has 2 heterocycles. The van der Waals surface area contributed by atoms with Gasteiger partial charge in [-0.25, -0.2) is 4.68 Å². The molecule has 0 radical (unpaired) electrons. The third-order valence-corrected chi connectivity index (χ3v) is 3.58. The number of anilines is 1. The van der Waals surface area contributed by atoms with Crippen LogP contribution in [0, 0.1) is 0 Å². The highest BCUT2D eigenvalue weighted by Gasteiger charge is 2.14. The Hall–Kier alpha value is -2.63. The van der Waals surface area contributed by atoms with Crippen molar-refractivity contribution in [2.75, 3.05) is 11.9 Å². The summed E-state index contributed by atoms with van der Waals surface area (Å²) >= 11 is 0. The van der Waals surface area contributed by atoms with Gasteiger partial charge in [-0.05, 0) is 24.5 Å². The Kier molecular flexibility index (Phi) is 3.43. The molecule has 3 rings (SSSR count). The number of aromatic nitrogens is 2. The highest BCUT2D eigenvalue weighted by molar-refractivity contribution is 5.94. The molecule has 6 nitrogen and oxygen atoms in total. The maximum Gasteiger partial charge on any atom is 0.269 e. The summed E-state index contributed by atoms with van der Waals surface area (Å²) in [5, 5.41) is 7.57. The molecule has 2 aromatic rings. The number of nitrogens with two attached hydrogens (primary N) is 1. The third kappa shape index (κ3) is 2.65. The molecule has 0 spiro atoms. The van der Waals surface area contributed by atoms with E-state index in [1.54, 1.807) is 24.3 Å². The number of primary amides is 1. The van der Waals surface area contributed by atoms with Gasteiger partial charge in [-0.1, -0.05) is 18.2 Å². The summed E-state index contributed by atoms with van der Waals surface area (Å²) in [6.07, 6.45) is 1.84. The Bertz CT molecular complexity index is 752. The zero-order valence-electron chi connectivity index (χ0n) is 11.5. The number of hydrogen-bond donors (Lipinski definition) is 2. The van der Waals surface area contributed by atoms with Gasteiger partial charge in [0.1, 0.15) is 0 Å². The van der Waals surface area contributed by atoms with Gasteiger partial charge in [0.05, 0.1) is 17.9 Å². The van der Waals surface area contributed by atoms with Gasteiger partial charge in [-0.3, -0.25) is 9.59 Å². The average Bonchev–Trinajstić information content (AvgIpc) is 2.48. The van der Waals surface area contributed by atoms with Gasteiger partial charge < -0.3 is 11.1 Å². The molecule has 0 saturated carbocycles. The van der Waals surface area contributed by atoms with Gasteiger partial charge in [0.25, 0.3) is 5.56 Å². The van der Waals surface area contributed by atoms with Crippen LogP contribution in [0.15, 0.2) is 35.1 Å². The van der Waals surface area contributed by atoms with Crippen LogP contribution < -0.4 is 16.6 Å². The Morgan fingerprint density at radius 1 is 1.38 bits per heavy atom. The van der Waals surface area contributed by atoms with E-state index in [0.717, 1.165) is 30.8 Å². The minimum Gasteiger partial charge on any atom is -0.383 e. The summed E-state index contributed by atoms with van der Waals surface area (Å²) in [5.74, 6) is -0.502. The first-order valence-corrected chi connectivity index (χ1v) is 6.88. The summed E-state index contributed by atoms with van der Waals surface area (Å²) in [4.78, 5) is 23.6. The molecule has 1 aliphatic rings. The van der Waals surface area contributed by atoms with Crippen molar-refractivity contribution >= 4 is 11.6 Å². The predicted octanol–water partition coefficient (Wildman–Crippen LogP) is 0.749. The molecule has 0 fully saturated rings. The van der Waals surface area contributed by atoms with Gasteiger partial charge in [-0.2, -0.15) is 5.10 Å². The molecule has 108 valence electrons. The molecular formula is C15H16N4O2. The van der Waals surface area contributed by atoms with Crippen molar-refractivity contribution in [3.63, 3.8) is 0 Å². The van der Waals surface area contributed by atoms with Crippen LogP contribution in [-0.4, -0.2) is 22.2 Å². The Morgan fingerprint density at radius 3 is 3.00 bits per heavy atom. The number of nitrogens with zero attached hydrogens (tertiary/aromatic N) is 2. The van der Waals surface area contributed by atoms with E-state index in [1.165, 1.54) is 4.68 Å². The van der Waals surface area contributed by atoms with Crippen LogP contribution in [0.5, 0.6) is 0 Å². The van der Waals surface area contributed by atoms with Crippen molar-refractivity contribution in [3.8, 4) is 0 Å². The standard InChI is InChI=1S/C15H16N4O2/c16-15(21)11-5-2-1-4-10(11)9-19-14(20)8-13-12(18-19)6-3-7-17-13/h1-2,4-5,8,17H,3,6-7,9H2,(H2,16,21). The first-order chi connectivity index (χ1) is 10.1. The molecule has 1 aromatic carbocycles. The molecule has 0 atom stereocenters. The van der Waals surface area contributed by atoms with Crippen molar-refractivity contribution in [2.45, 2.75) is 19.4 Å². The summed E-state index contributed by atoms with van der Waals surface area (Å²) in [7, 11) is 0. The highest BCUT2D eigenvalue weighted by atomic mass is 16.1. The normalized spacial score (nSPS) is 13.3. The topological polar surface area (TPSA) is 90.0 Å². The monoisotopic (exact) mass is 284 g/mol. The summed E-state index contributed by atoms with van der Waals surface area (Å²) in [6, 6.07) is 8.56. The largest absolute Gasteiger partial charge is 0.383 e. The number of aryl methyl sites for hydroxylation is 1. The van der Waals surface area contributed by atoms with E-state index >= 15 is 0 Å². The lowest BCUT2D eigenvalue weighted by Crippen LogP contribution is -2.28. The molecule has 1 aromatic heterocycles. The second kappa shape index (κ2) is 5.40. The van der Waals surface area contributed by atoms with Crippen molar-refractivity contribution < 1.29 is 4.79 Å². The highest BCUT2D eigenvalue weighted by Crippen LogP contribution is 2.17. The number of amides is 1. The van der Waals surface area contributed by atoms with E-state index in [4.69, 9.17) is 5.73 Å². The molecule has 0 saturated heterocycles. The van der Waals surface area contributed by atoms with Gasteiger partial charge in [-0.15, -0.1) is 0 Å². The summed E-state index contributed by atoms with van der Waals surface area (Å²) < 4.78 is 1.38. The number of fused-ring (bicyclic) bond motifs is 1. The van der Waals surface area contributed by atoms with E-state index in [-0.39, 0.29) is 12.1 Å². The number of carbonyl (C=O) groups excluding carboxylic acids is 1. The molecule has 0 bridgehead atoms. The smallest absolute Gasteiger partial charge is 0.269 e. The van der Waals surface area contributed by atoms with E-state index in [2.05, 4.69) is 10.4 Å². The fourth-order valence-corrected chi connectivity index (χ4v) is 2.52. The lowest BCUT2D eigenvalue weighted by Gasteiger charge is -2.18. The Balaban J connectivity index is 1.99. The van der Waals surface area contributed by atoms with Crippen molar-refractivity contribution in [2.24, 2.45) is 5.73 Å². The molecule has 0 aliphatic carbocycles. The minimum absolute atomic E-state index is 0.192. The minimum atomic E-state index is -0.502. The first kappa shape index (κ1) is 13.4. The van der Waals surface area contributed by atoms with E-state index in [9.17, 15) is 9.59 Å². The molecule has 21 heavy (non-hydrogen) atoms. The number of nitrogens with one attached hydrogen (secondary N) is 1.